The van der Waals surface area contributed by atoms with E-state index in [1.807, 2.05) is 25.4 Å². The zero-order valence-corrected chi connectivity index (χ0v) is 15.8. The topological polar surface area (TPSA) is 53.0 Å². The number of hydrogen-bond donors (Lipinski definition) is 1. The van der Waals surface area contributed by atoms with E-state index in [4.69, 9.17) is 4.74 Å². The number of nitrogens with zero attached hydrogens (tertiary/aromatic N) is 4. The number of guanidine groups is 1. The van der Waals surface area contributed by atoms with Crippen LogP contribution in [0.25, 0.3) is 0 Å². The molecule has 3 rings (SSSR count). The molecule has 1 N–H and O–H groups in total. The standard InChI is InChI=1S/C18H25N5OS/c1-14-12-20-17(25-14)13-21-18(19-2)23-10-8-22(9-11-23)15-4-6-16(24-3)7-5-15/h4-7,12H,8-11,13H2,1-3H3,(H,19,21). The highest BCUT2D eigenvalue weighted by Gasteiger charge is 2.20. The van der Waals surface area contributed by atoms with Crippen LogP contribution in [0.5, 0.6) is 5.75 Å². The molecule has 1 aliphatic rings. The summed E-state index contributed by atoms with van der Waals surface area (Å²) in [5.41, 5.74) is 1.24. The van der Waals surface area contributed by atoms with Crippen LogP contribution in [0.1, 0.15) is 9.88 Å². The molecule has 7 heteroatoms. The quantitative estimate of drug-likeness (QED) is 0.671. The van der Waals surface area contributed by atoms with Gasteiger partial charge in [-0.25, -0.2) is 4.98 Å². The summed E-state index contributed by atoms with van der Waals surface area (Å²) in [5, 5.41) is 4.52. The van der Waals surface area contributed by atoms with E-state index in [2.05, 4.69) is 44.1 Å². The third-order valence-corrected chi connectivity index (χ3v) is 5.21. The number of aryl methyl sites for hydroxylation is 1. The number of hydrogen-bond acceptors (Lipinski definition) is 5. The Labute approximate surface area is 153 Å². The molecule has 0 radical (unpaired) electrons. The first kappa shape index (κ1) is 17.5. The van der Waals surface area contributed by atoms with Gasteiger partial charge in [0.05, 0.1) is 13.7 Å². The molecule has 1 saturated heterocycles. The number of rotatable bonds is 4. The minimum Gasteiger partial charge on any atom is -0.497 e. The number of ether oxygens (including phenoxy) is 1. The van der Waals surface area contributed by atoms with Crippen molar-refractivity contribution >= 4 is 23.0 Å². The monoisotopic (exact) mass is 359 g/mol. The Morgan fingerprint density at radius 1 is 1.24 bits per heavy atom. The van der Waals surface area contributed by atoms with Gasteiger partial charge in [0.1, 0.15) is 10.8 Å². The molecule has 1 fully saturated rings. The van der Waals surface area contributed by atoms with E-state index in [-0.39, 0.29) is 0 Å². The van der Waals surface area contributed by atoms with Crippen LogP contribution < -0.4 is 15.0 Å². The SMILES string of the molecule is CN=C(NCc1ncc(C)s1)N1CCN(c2ccc(OC)cc2)CC1. The Morgan fingerprint density at radius 3 is 2.52 bits per heavy atom. The molecule has 1 aromatic carbocycles. The van der Waals surface area contributed by atoms with Crippen LogP contribution in [-0.2, 0) is 6.54 Å². The highest BCUT2D eigenvalue weighted by atomic mass is 32.1. The van der Waals surface area contributed by atoms with Gasteiger partial charge in [0, 0.05) is 50.0 Å². The lowest BCUT2D eigenvalue weighted by molar-refractivity contribution is 0.372. The molecule has 25 heavy (non-hydrogen) atoms. The number of anilines is 1. The van der Waals surface area contributed by atoms with E-state index in [1.165, 1.54) is 10.6 Å². The maximum Gasteiger partial charge on any atom is 0.194 e. The number of piperazine rings is 1. The second-order valence-electron chi connectivity index (χ2n) is 5.94. The lowest BCUT2D eigenvalue weighted by atomic mass is 10.2. The zero-order chi connectivity index (χ0) is 17.6. The van der Waals surface area contributed by atoms with E-state index >= 15 is 0 Å². The van der Waals surface area contributed by atoms with Gasteiger partial charge in [-0.1, -0.05) is 0 Å². The molecule has 0 bridgehead atoms. The first-order valence-corrected chi connectivity index (χ1v) is 9.27. The molecular weight excluding hydrogens is 334 g/mol. The second kappa shape index (κ2) is 8.20. The number of thiazole rings is 1. The summed E-state index contributed by atoms with van der Waals surface area (Å²) in [7, 11) is 3.53. The molecule has 0 saturated carbocycles. The van der Waals surface area contributed by atoms with Crippen molar-refractivity contribution in [3.8, 4) is 5.75 Å². The van der Waals surface area contributed by atoms with E-state index in [1.54, 1.807) is 18.4 Å². The molecule has 1 aliphatic heterocycles. The van der Waals surface area contributed by atoms with Crippen molar-refractivity contribution in [2.45, 2.75) is 13.5 Å². The van der Waals surface area contributed by atoms with Crippen molar-refractivity contribution in [3.05, 3.63) is 40.3 Å². The number of aliphatic imine (C=N–C) groups is 1. The lowest BCUT2D eigenvalue weighted by Crippen LogP contribution is -2.52. The van der Waals surface area contributed by atoms with Crippen molar-refractivity contribution in [2.24, 2.45) is 4.99 Å². The van der Waals surface area contributed by atoms with Gasteiger partial charge in [0.2, 0.25) is 0 Å². The van der Waals surface area contributed by atoms with Gasteiger partial charge >= 0.3 is 0 Å². The highest BCUT2D eigenvalue weighted by Crippen LogP contribution is 2.20. The molecule has 1 aromatic heterocycles. The summed E-state index contributed by atoms with van der Waals surface area (Å²) in [6.45, 7) is 6.65. The van der Waals surface area contributed by atoms with Gasteiger partial charge in [0.25, 0.3) is 0 Å². The molecule has 6 nitrogen and oxygen atoms in total. The molecular formula is C18H25N5OS. The van der Waals surface area contributed by atoms with Gasteiger partial charge in [-0.2, -0.15) is 0 Å². The van der Waals surface area contributed by atoms with Crippen LogP contribution in [0.15, 0.2) is 35.5 Å². The largest absolute Gasteiger partial charge is 0.497 e. The van der Waals surface area contributed by atoms with Gasteiger partial charge in [0.15, 0.2) is 5.96 Å². The molecule has 2 aromatic rings. The normalized spacial score (nSPS) is 15.4. The number of nitrogens with one attached hydrogen (secondary N) is 1. The smallest absolute Gasteiger partial charge is 0.194 e. The summed E-state index contributed by atoms with van der Waals surface area (Å²) in [6.07, 6.45) is 1.91. The Bertz CT molecular complexity index is 705. The van der Waals surface area contributed by atoms with E-state index in [0.717, 1.165) is 49.4 Å². The van der Waals surface area contributed by atoms with Crippen molar-refractivity contribution in [3.63, 3.8) is 0 Å². The van der Waals surface area contributed by atoms with E-state index in [0.29, 0.717) is 0 Å². The maximum atomic E-state index is 5.23. The van der Waals surface area contributed by atoms with Crippen LogP contribution in [0.3, 0.4) is 0 Å². The van der Waals surface area contributed by atoms with Gasteiger partial charge in [-0.15, -0.1) is 11.3 Å². The first-order valence-electron chi connectivity index (χ1n) is 8.45. The predicted octanol–water partition coefficient (Wildman–Crippen LogP) is 2.36. The van der Waals surface area contributed by atoms with Gasteiger partial charge in [-0.05, 0) is 31.2 Å². The fourth-order valence-electron chi connectivity index (χ4n) is 2.94. The zero-order valence-electron chi connectivity index (χ0n) is 15.0. The van der Waals surface area contributed by atoms with Crippen molar-refractivity contribution in [2.75, 3.05) is 45.2 Å². The van der Waals surface area contributed by atoms with E-state index < -0.39 is 0 Å². The molecule has 2 heterocycles. The van der Waals surface area contributed by atoms with Crippen LogP contribution in [0, 0.1) is 6.92 Å². The summed E-state index contributed by atoms with van der Waals surface area (Å²) in [6, 6.07) is 8.26. The fourth-order valence-corrected chi connectivity index (χ4v) is 3.67. The van der Waals surface area contributed by atoms with Crippen LogP contribution in [-0.4, -0.2) is 56.2 Å². The van der Waals surface area contributed by atoms with Crippen LogP contribution in [0.4, 0.5) is 5.69 Å². The molecule has 134 valence electrons. The maximum absolute atomic E-state index is 5.23. The number of aromatic nitrogens is 1. The molecule has 0 unspecified atom stereocenters. The van der Waals surface area contributed by atoms with Crippen molar-refractivity contribution in [1.29, 1.82) is 0 Å². The summed E-state index contributed by atoms with van der Waals surface area (Å²) < 4.78 is 5.23. The van der Waals surface area contributed by atoms with E-state index in [9.17, 15) is 0 Å². The fraction of sp³-hybridized carbons (Fsp3) is 0.444. The number of benzene rings is 1. The predicted molar refractivity (Wildman–Crippen MR) is 104 cm³/mol. The minimum atomic E-state index is 0.726. The average molecular weight is 359 g/mol. The molecule has 0 atom stereocenters. The minimum absolute atomic E-state index is 0.726. The number of methoxy groups -OCH3 is 1. The van der Waals surface area contributed by atoms with Crippen molar-refractivity contribution in [1.82, 2.24) is 15.2 Å². The Kier molecular flexibility index (Phi) is 5.75. The Hall–Kier alpha value is -2.28. The van der Waals surface area contributed by atoms with Crippen LogP contribution in [0.2, 0.25) is 0 Å². The molecule has 0 aliphatic carbocycles. The molecule has 0 spiro atoms. The molecule has 0 amide bonds. The van der Waals surface area contributed by atoms with Gasteiger partial charge < -0.3 is 19.9 Å². The first-order chi connectivity index (χ1) is 12.2. The second-order valence-corrected chi connectivity index (χ2v) is 7.26. The average Bonchev–Trinajstić information content (AvgIpc) is 3.08. The summed E-state index contributed by atoms with van der Waals surface area (Å²) >= 11 is 1.72. The van der Waals surface area contributed by atoms with Crippen molar-refractivity contribution < 1.29 is 4.74 Å². The third-order valence-electron chi connectivity index (χ3n) is 4.30. The summed E-state index contributed by atoms with van der Waals surface area (Å²) in [5.74, 6) is 1.84. The van der Waals surface area contributed by atoms with Crippen LogP contribution >= 0.6 is 11.3 Å². The lowest BCUT2D eigenvalue weighted by Gasteiger charge is -2.37. The third kappa shape index (κ3) is 4.42. The Balaban J connectivity index is 1.52. The Morgan fingerprint density at radius 2 is 1.96 bits per heavy atom. The summed E-state index contributed by atoms with van der Waals surface area (Å²) in [4.78, 5) is 14.8. The highest BCUT2D eigenvalue weighted by molar-refractivity contribution is 7.11. The van der Waals surface area contributed by atoms with Gasteiger partial charge in [-0.3, -0.25) is 4.99 Å².